The number of hydrogen-bond donors (Lipinski definition) is 0. The molecular weight excluding hydrogens is 386 g/mol. The van der Waals surface area contributed by atoms with E-state index in [1.54, 1.807) is 24.2 Å². The number of aromatic nitrogens is 2. The van der Waals surface area contributed by atoms with Crippen molar-refractivity contribution >= 4 is 17.5 Å². The lowest BCUT2D eigenvalue weighted by molar-refractivity contribution is 0.0690. The Hall–Kier alpha value is -2.79. The summed E-state index contributed by atoms with van der Waals surface area (Å²) in [7, 11) is 1.68. The fraction of sp³-hybridized carbons (Fsp3) is 0.304. The SMILES string of the molecule is COc1ccc(CC2CCN(C(=O)c3cnn(-c4cccc(Cl)c4)c3)CC2)cc1. The van der Waals surface area contributed by atoms with E-state index in [4.69, 9.17) is 16.3 Å². The van der Waals surface area contributed by atoms with Gasteiger partial charge in [-0.3, -0.25) is 4.79 Å². The Morgan fingerprint density at radius 3 is 2.62 bits per heavy atom. The van der Waals surface area contributed by atoms with E-state index in [2.05, 4.69) is 17.2 Å². The first-order valence-electron chi connectivity index (χ1n) is 9.85. The summed E-state index contributed by atoms with van der Waals surface area (Å²) >= 11 is 6.05. The van der Waals surface area contributed by atoms with Crippen LogP contribution in [0.15, 0.2) is 60.9 Å². The molecule has 150 valence electrons. The number of benzene rings is 2. The predicted molar refractivity (Wildman–Crippen MR) is 114 cm³/mol. The molecule has 1 aromatic heterocycles. The molecule has 3 aromatic rings. The van der Waals surface area contributed by atoms with Crippen molar-refractivity contribution < 1.29 is 9.53 Å². The maximum Gasteiger partial charge on any atom is 0.257 e. The molecular formula is C23H24ClN3O2. The van der Waals surface area contributed by atoms with Gasteiger partial charge in [0.1, 0.15) is 5.75 Å². The van der Waals surface area contributed by atoms with Crippen molar-refractivity contribution in [2.75, 3.05) is 20.2 Å². The highest BCUT2D eigenvalue weighted by molar-refractivity contribution is 6.30. The second-order valence-electron chi connectivity index (χ2n) is 7.44. The van der Waals surface area contributed by atoms with Gasteiger partial charge in [-0.05, 0) is 61.1 Å². The van der Waals surface area contributed by atoms with Crippen molar-refractivity contribution in [1.29, 1.82) is 0 Å². The highest BCUT2D eigenvalue weighted by Gasteiger charge is 2.24. The number of hydrogen-bond acceptors (Lipinski definition) is 3. The van der Waals surface area contributed by atoms with Gasteiger partial charge in [-0.1, -0.05) is 29.8 Å². The molecule has 1 saturated heterocycles. The van der Waals surface area contributed by atoms with E-state index in [1.165, 1.54) is 5.56 Å². The summed E-state index contributed by atoms with van der Waals surface area (Å²) in [6.45, 7) is 1.56. The highest BCUT2D eigenvalue weighted by Crippen LogP contribution is 2.24. The van der Waals surface area contributed by atoms with Crippen molar-refractivity contribution in [2.45, 2.75) is 19.3 Å². The highest BCUT2D eigenvalue weighted by atomic mass is 35.5. The van der Waals surface area contributed by atoms with Gasteiger partial charge in [-0.15, -0.1) is 0 Å². The molecule has 4 rings (SSSR count). The van der Waals surface area contributed by atoms with Crippen LogP contribution < -0.4 is 4.74 Å². The van der Waals surface area contributed by atoms with Gasteiger partial charge < -0.3 is 9.64 Å². The second kappa shape index (κ2) is 8.70. The Balaban J connectivity index is 1.34. The average Bonchev–Trinajstić information content (AvgIpc) is 3.25. The lowest BCUT2D eigenvalue weighted by Gasteiger charge is -2.32. The van der Waals surface area contributed by atoms with Crippen molar-refractivity contribution in [3.8, 4) is 11.4 Å². The number of ether oxygens (including phenoxy) is 1. The number of halogens is 1. The summed E-state index contributed by atoms with van der Waals surface area (Å²) < 4.78 is 6.91. The first kappa shape index (κ1) is 19.5. The molecule has 0 atom stereocenters. The van der Waals surface area contributed by atoms with Gasteiger partial charge in [0, 0.05) is 24.3 Å². The van der Waals surface area contributed by atoms with Crippen LogP contribution in [-0.2, 0) is 6.42 Å². The summed E-state index contributed by atoms with van der Waals surface area (Å²) in [6, 6.07) is 15.7. The van der Waals surface area contributed by atoms with E-state index in [9.17, 15) is 4.79 Å². The zero-order valence-corrected chi connectivity index (χ0v) is 17.2. The summed E-state index contributed by atoms with van der Waals surface area (Å²) in [4.78, 5) is 14.8. The second-order valence-corrected chi connectivity index (χ2v) is 7.88. The molecule has 0 saturated carbocycles. The average molecular weight is 410 g/mol. The molecule has 1 aliphatic heterocycles. The Kier molecular flexibility index (Phi) is 5.86. The molecule has 0 radical (unpaired) electrons. The number of methoxy groups -OCH3 is 1. The fourth-order valence-corrected chi connectivity index (χ4v) is 4.00. The predicted octanol–water partition coefficient (Wildman–Crippen LogP) is 4.63. The minimum atomic E-state index is 0.0428. The minimum Gasteiger partial charge on any atom is -0.497 e. The van der Waals surface area contributed by atoms with Crippen LogP contribution in [-0.4, -0.2) is 40.8 Å². The molecule has 1 fully saturated rings. The zero-order chi connectivity index (χ0) is 20.2. The molecule has 2 aromatic carbocycles. The van der Waals surface area contributed by atoms with Crippen LogP contribution in [0.25, 0.3) is 5.69 Å². The van der Waals surface area contributed by atoms with E-state index >= 15 is 0 Å². The molecule has 1 aliphatic rings. The fourth-order valence-electron chi connectivity index (χ4n) is 3.81. The van der Waals surface area contributed by atoms with Gasteiger partial charge in [-0.2, -0.15) is 5.10 Å². The monoisotopic (exact) mass is 409 g/mol. The van der Waals surface area contributed by atoms with Gasteiger partial charge in [0.2, 0.25) is 0 Å². The Morgan fingerprint density at radius 1 is 1.17 bits per heavy atom. The van der Waals surface area contributed by atoms with Crippen LogP contribution in [0.2, 0.25) is 5.02 Å². The van der Waals surface area contributed by atoms with E-state index in [0.717, 1.165) is 43.8 Å². The molecule has 0 aliphatic carbocycles. The normalized spacial score (nSPS) is 14.8. The van der Waals surface area contributed by atoms with Crippen LogP contribution in [0.5, 0.6) is 5.75 Å². The first-order chi connectivity index (χ1) is 14.1. The number of nitrogens with zero attached hydrogens (tertiary/aromatic N) is 3. The smallest absolute Gasteiger partial charge is 0.257 e. The van der Waals surface area contributed by atoms with E-state index in [-0.39, 0.29) is 5.91 Å². The van der Waals surface area contributed by atoms with Crippen LogP contribution >= 0.6 is 11.6 Å². The van der Waals surface area contributed by atoms with Gasteiger partial charge in [0.05, 0.1) is 24.6 Å². The number of likely N-dealkylation sites (tertiary alicyclic amines) is 1. The summed E-state index contributed by atoms with van der Waals surface area (Å²) in [5.41, 5.74) is 2.77. The van der Waals surface area contributed by atoms with Gasteiger partial charge >= 0.3 is 0 Å². The molecule has 29 heavy (non-hydrogen) atoms. The Bertz CT molecular complexity index is 976. The maximum atomic E-state index is 12.9. The molecule has 0 N–H and O–H groups in total. The van der Waals surface area contributed by atoms with Crippen LogP contribution in [0.1, 0.15) is 28.8 Å². The van der Waals surface area contributed by atoms with Crippen molar-refractivity contribution in [1.82, 2.24) is 14.7 Å². The van der Waals surface area contributed by atoms with Gasteiger partial charge in [0.25, 0.3) is 5.91 Å². The molecule has 0 unspecified atom stereocenters. The largest absolute Gasteiger partial charge is 0.497 e. The topological polar surface area (TPSA) is 47.4 Å². The number of carbonyl (C=O) groups excluding carboxylic acids is 1. The number of amides is 1. The number of rotatable bonds is 5. The van der Waals surface area contributed by atoms with Crippen LogP contribution in [0, 0.1) is 5.92 Å². The van der Waals surface area contributed by atoms with Crippen molar-refractivity contribution in [2.24, 2.45) is 5.92 Å². The zero-order valence-electron chi connectivity index (χ0n) is 16.4. The Labute approximate surface area is 175 Å². The standard InChI is InChI=1S/C23H24ClN3O2/c1-29-22-7-5-17(6-8-22)13-18-9-11-26(12-10-18)23(28)19-15-25-27(16-19)21-4-2-3-20(24)14-21/h2-8,14-16,18H,9-13H2,1H3. The number of carbonyl (C=O) groups is 1. The molecule has 0 bridgehead atoms. The molecule has 2 heterocycles. The quantitative estimate of drug-likeness (QED) is 0.617. The third kappa shape index (κ3) is 4.62. The lowest BCUT2D eigenvalue weighted by atomic mass is 9.90. The molecule has 5 nitrogen and oxygen atoms in total. The van der Waals surface area contributed by atoms with Gasteiger partial charge in [-0.25, -0.2) is 4.68 Å². The lowest BCUT2D eigenvalue weighted by Crippen LogP contribution is -2.38. The summed E-state index contributed by atoms with van der Waals surface area (Å²) in [5, 5.41) is 4.97. The molecule has 1 amide bonds. The number of piperidine rings is 1. The van der Waals surface area contributed by atoms with Crippen LogP contribution in [0.3, 0.4) is 0 Å². The summed E-state index contributed by atoms with van der Waals surface area (Å²) in [6.07, 6.45) is 6.48. The molecule has 6 heteroatoms. The van der Waals surface area contributed by atoms with E-state index in [1.807, 2.05) is 41.3 Å². The van der Waals surface area contributed by atoms with E-state index < -0.39 is 0 Å². The van der Waals surface area contributed by atoms with E-state index in [0.29, 0.717) is 16.5 Å². The van der Waals surface area contributed by atoms with Crippen LogP contribution in [0.4, 0.5) is 0 Å². The third-order valence-electron chi connectivity index (χ3n) is 5.49. The van der Waals surface area contributed by atoms with Gasteiger partial charge in [0.15, 0.2) is 0 Å². The maximum absolute atomic E-state index is 12.9. The van der Waals surface area contributed by atoms with Crippen molar-refractivity contribution in [3.05, 3.63) is 77.1 Å². The van der Waals surface area contributed by atoms with Crippen molar-refractivity contribution in [3.63, 3.8) is 0 Å². The first-order valence-corrected chi connectivity index (χ1v) is 10.2. The third-order valence-corrected chi connectivity index (χ3v) is 5.72. The summed E-state index contributed by atoms with van der Waals surface area (Å²) in [5.74, 6) is 1.52. The minimum absolute atomic E-state index is 0.0428. The Morgan fingerprint density at radius 2 is 1.93 bits per heavy atom. The molecule has 0 spiro atoms.